The van der Waals surface area contributed by atoms with Crippen LogP contribution in [0.15, 0.2) is 0 Å². The summed E-state index contributed by atoms with van der Waals surface area (Å²) >= 11 is 0. The van der Waals surface area contributed by atoms with Gasteiger partial charge in [0.1, 0.15) is 0 Å². The Morgan fingerprint density at radius 2 is 1.73 bits per heavy atom. The molecule has 0 unspecified atom stereocenters. The summed E-state index contributed by atoms with van der Waals surface area (Å²) in [5, 5.41) is 8.47. The predicted octanol–water partition coefficient (Wildman–Crippen LogP) is 2.14. The van der Waals surface area contributed by atoms with Crippen LogP contribution in [0.25, 0.3) is 0 Å². The third kappa shape index (κ3) is 3.91. The molecule has 0 heterocycles. The highest BCUT2D eigenvalue weighted by Crippen LogP contribution is 2.31. The first-order chi connectivity index (χ1) is 4.65. The average Bonchev–Trinajstić information content (AvgIpc) is 1.56. The summed E-state index contributed by atoms with van der Waals surface area (Å²) in [5.74, 6) is -4.11. The number of carboxylic acids is 1. The quantitative estimate of drug-likeness (QED) is 0.697. The second kappa shape index (κ2) is 2.75. The fourth-order valence-corrected chi connectivity index (χ4v) is 0.852. The molecule has 11 heavy (non-hydrogen) atoms. The van der Waals surface area contributed by atoms with Gasteiger partial charge >= 0.3 is 5.97 Å². The molecule has 0 rings (SSSR count). The van der Waals surface area contributed by atoms with Crippen molar-refractivity contribution in [2.45, 2.75) is 33.1 Å². The number of carboxylic acid groups (broad SMARTS) is 1. The van der Waals surface area contributed by atoms with Gasteiger partial charge in [-0.25, -0.2) is 8.78 Å². The highest BCUT2D eigenvalue weighted by Gasteiger charge is 2.37. The van der Waals surface area contributed by atoms with Gasteiger partial charge < -0.3 is 5.11 Å². The first-order valence-corrected chi connectivity index (χ1v) is 3.26. The van der Waals surface area contributed by atoms with Gasteiger partial charge in [-0.2, -0.15) is 0 Å². The summed E-state index contributed by atoms with van der Waals surface area (Å²) in [6, 6.07) is 0. The fourth-order valence-electron chi connectivity index (χ4n) is 0.852. The Morgan fingerprint density at radius 3 is 1.82 bits per heavy atom. The minimum Gasteiger partial charge on any atom is -0.481 e. The summed E-state index contributed by atoms with van der Waals surface area (Å²) in [6.45, 7) is 3.29. The minimum absolute atomic E-state index is 0.630. The van der Waals surface area contributed by atoms with Crippen LogP contribution in [0.2, 0.25) is 0 Å². The van der Waals surface area contributed by atoms with E-state index in [1.54, 1.807) is 0 Å². The largest absolute Gasteiger partial charge is 0.481 e. The number of alkyl halides is 2. The van der Waals surface area contributed by atoms with Crippen LogP contribution in [0.5, 0.6) is 0 Å². The van der Waals surface area contributed by atoms with Gasteiger partial charge in [-0.05, 0) is 20.8 Å². The van der Waals surface area contributed by atoms with E-state index in [2.05, 4.69) is 0 Å². The van der Waals surface area contributed by atoms with E-state index >= 15 is 0 Å². The minimum atomic E-state index is -2.91. The summed E-state index contributed by atoms with van der Waals surface area (Å²) in [7, 11) is 0. The van der Waals surface area contributed by atoms with Crippen LogP contribution in [0.4, 0.5) is 8.78 Å². The molecule has 0 spiro atoms. The zero-order valence-electron chi connectivity index (χ0n) is 6.82. The fraction of sp³-hybridized carbons (Fsp3) is 0.857. The van der Waals surface area contributed by atoms with Crippen molar-refractivity contribution in [1.82, 2.24) is 0 Å². The van der Waals surface area contributed by atoms with Gasteiger partial charge in [-0.1, -0.05) is 0 Å². The molecule has 0 saturated carbocycles. The molecule has 0 aliphatic heterocycles. The Balaban J connectivity index is 4.25. The number of halogens is 2. The molecule has 0 saturated heterocycles. The number of hydrogen-bond donors (Lipinski definition) is 1. The van der Waals surface area contributed by atoms with Crippen molar-refractivity contribution in [2.75, 3.05) is 0 Å². The van der Waals surface area contributed by atoms with E-state index in [1.165, 1.54) is 13.8 Å². The maximum absolute atomic E-state index is 12.3. The molecular formula is C7H12F2O2. The molecule has 1 N–H and O–H groups in total. The standard InChI is InChI=1S/C7H12F2O2/c1-6(2,5(10)11)4-7(3,8)9/h4H2,1-3H3,(H,10,11). The maximum atomic E-state index is 12.3. The van der Waals surface area contributed by atoms with E-state index in [-0.39, 0.29) is 0 Å². The second-order valence-corrected chi connectivity index (χ2v) is 3.44. The summed E-state index contributed by atoms with van der Waals surface area (Å²) in [6.07, 6.45) is -0.630. The van der Waals surface area contributed by atoms with E-state index in [0.717, 1.165) is 6.92 Å². The van der Waals surface area contributed by atoms with Gasteiger partial charge in [0.15, 0.2) is 0 Å². The molecule has 0 aromatic rings. The molecule has 0 radical (unpaired) electrons. The van der Waals surface area contributed by atoms with E-state index < -0.39 is 23.7 Å². The van der Waals surface area contributed by atoms with Crippen molar-refractivity contribution in [3.63, 3.8) is 0 Å². The Morgan fingerprint density at radius 1 is 1.36 bits per heavy atom. The van der Waals surface area contributed by atoms with Crippen molar-refractivity contribution >= 4 is 5.97 Å². The zero-order valence-corrected chi connectivity index (χ0v) is 6.82. The SMILES string of the molecule is CC(F)(F)CC(C)(C)C(=O)O. The molecule has 0 atom stereocenters. The van der Waals surface area contributed by atoms with Crippen LogP contribution in [-0.2, 0) is 4.79 Å². The Kier molecular flexibility index (Phi) is 2.59. The summed E-state index contributed by atoms with van der Waals surface area (Å²) in [4.78, 5) is 10.4. The summed E-state index contributed by atoms with van der Waals surface area (Å²) < 4.78 is 24.6. The van der Waals surface area contributed by atoms with Crippen LogP contribution in [0.1, 0.15) is 27.2 Å². The number of rotatable bonds is 3. The van der Waals surface area contributed by atoms with Gasteiger partial charge in [0.05, 0.1) is 5.41 Å². The molecule has 0 aliphatic rings. The van der Waals surface area contributed by atoms with E-state index in [9.17, 15) is 13.6 Å². The van der Waals surface area contributed by atoms with Crippen LogP contribution in [0.3, 0.4) is 0 Å². The van der Waals surface area contributed by atoms with E-state index in [4.69, 9.17) is 5.11 Å². The molecule has 0 aromatic heterocycles. The Hall–Kier alpha value is -0.670. The van der Waals surface area contributed by atoms with E-state index in [1.807, 2.05) is 0 Å². The smallest absolute Gasteiger partial charge is 0.309 e. The van der Waals surface area contributed by atoms with Crippen molar-refractivity contribution < 1.29 is 18.7 Å². The third-order valence-electron chi connectivity index (χ3n) is 1.33. The van der Waals surface area contributed by atoms with Gasteiger partial charge in [0, 0.05) is 6.42 Å². The highest BCUT2D eigenvalue weighted by molar-refractivity contribution is 5.73. The maximum Gasteiger partial charge on any atom is 0.309 e. The second-order valence-electron chi connectivity index (χ2n) is 3.44. The Bertz CT molecular complexity index is 158. The number of hydrogen-bond acceptors (Lipinski definition) is 1. The molecular weight excluding hydrogens is 154 g/mol. The molecule has 0 aliphatic carbocycles. The van der Waals surface area contributed by atoms with Crippen molar-refractivity contribution in [2.24, 2.45) is 5.41 Å². The lowest BCUT2D eigenvalue weighted by atomic mass is 9.87. The van der Waals surface area contributed by atoms with Crippen molar-refractivity contribution in [3.8, 4) is 0 Å². The lowest BCUT2D eigenvalue weighted by Crippen LogP contribution is -2.30. The molecule has 0 aromatic carbocycles. The van der Waals surface area contributed by atoms with E-state index in [0.29, 0.717) is 0 Å². The lowest BCUT2D eigenvalue weighted by molar-refractivity contribution is -0.152. The van der Waals surface area contributed by atoms with Crippen LogP contribution in [-0.4, -0.2) is 17.0 Å². The molecule has 2 nitrogen and oxygen atoms in total. The van der Waals surface area contributed by atoms with Crippen LogP contribution >= 0.6 is 0 Å². The molecule has 0 fully saturated rings. The summed E-state index contributed by atoms with van der Waals surface area (Å²) in [5.41, 5.74) is -1.35. The topological polar surface area (TPSA) is 37.3 Å². The monoisotopic (exact) mass is 166 g/mol. The Labute approximate surface area is 64.2 Å². The lowest BCUT2D eigenvalue weighted by Gasteiger charge is -2.22. The first-order valence-electron chi connectivity index (χ1n) is 3.26. The van der Waals surface area contributed by atoms with Crippen LogP contribution in [0, 0.1) is 5.41 Å². The van der Waals surface area contributed by atoms with Crippen molar-refractivity contribution in [1.29, 1.82) is 0 Å². The number of aliphatic carboxylic acids is 1. The molecule has 0 bridgehead atoms. The predicted molar refractivity (Wildman–Crippen MR) is 36.7 cm³/mol. The van der Waals surface area contributed by atoms with Gasteiger partial charge in [0.2, 0.25) is 5.92 Å². The highest BCUT2D eigenvalue weighted by atomic mass is 19.3. The third-order valence-corrected chi connectivity index (χ3v) is 1.33. The number of carbonyl (C=O) groups is 1. The van der Waals surface area contributed by atoms with Gasteiger partial charge in [0.25, 0.3) is 0 Å². The van der Waals surface area contributed by atoms with Gasteiger partial charge in [-0.15, -0.1) is 0 Å². The zero-order chi connectivity index (χ0) is 9.28. The molecule has 66 valence electrons. The van der Waals surface area contributed by atoms with Crippen LogP contribution < -0.4 is 0 Å². The first kappa shape index (κ1) is 10.3. The average molecular weight is 166 g/mol. The van der Waals surface area contributed by atoms with Gasteiger partial charge in [-0.3, -0.25) is 4.79 Å². The normalized spacial score (nSPS) is 13.2. The molecule has 4 heteroatoms. The van der Waals surface area contributed by atoms with Crippen molar-refractivity contribution in [3.05, 3.63) is 0 Å². The molecule has 0 amide bonds.